The van der Waals surface area contributed by atoms with Gasteiger partial charge in [0.2, 0.25) is 5.91 Å². The molecule has 24 heavy (non-hydrogen) atoms. The van der Waals surface area contributed by atoms with Crippen LogP contribution in [0.15, 0.2) is 18.2 Å². The normalized spacial score (nSPS) is 23.0. The van der Waals surface area contributed by atoms with Gasteiger partial charge in [-0.25, -0.2) is 0 Å². The van der Waals surface area contributed by atoms with E-state index in [1.54, 1.807) is 14.2 Å². The number of hydrogen-bond donors (Lipinski definition) is 0. The van der Waals surface area contributed by atoms with Crippen molar-refractivity contribution in [1.29, 1.82) is 0 Å². The molecule has 1 aliphatic heterocycles. The Morgan fingerprint density at radius 3 is 2.50 bits per heavy atom. The van der Waals surface area contributed by atoms with E-state index in [4.69, 9.17) is 9.47 Å². The molecular weight excluding hydrogens is 304 g/mol. The maximum absolute atomic E-state index is 12.7. The number of piperazine rings is 1. The molecule has 2 atom stereocenters. The molecule has 1 saturated carbocycles. The molecule has 2 fully saturated rings. The zero-order valence-electron chi connectivity index (χ0n) is 15.1. The van der Waals surface area contributed by atoms with Crippen molar-refractivity contribution in [1.82, 2.24) is 9.80 Å². The third-order valence-corrected chi connectivity index (χ3v) is 5.47. The van der Waals surface area contributed by atoms with Crippen molar-refractivity contribution in [2.75, 3.05) is 40.9 Å². The van der Waals surface area contributed by atoms with Crippen LogP contribution >= 0.6 is 0 Å². The number of carbonyl (C=O) groups is 1. The van der Waals surface area contributed by atoms with Crippen LogP contribution in [-0.4, -0.2) is 56.6 Å². The van der Waals surface area contributed by atoms with Gasteiger partial charge >= 0.3 is 0 Å². The lowest BCUT2D eigenvalue weighted by molar-refractivity contribution is -0.138. The highest BCUT2D eigenvalue weighted by Crippen LogP contribution is 2.38. The van der Waals surface area contributed by atoms with Crippen molar-refractivity contribution in [3.8, 4) is 11.5 Å². The van der Waals surface area contributed by atoms with E-state index in [0.717, 1.165) is 36.7 Å². The van der Waals surface area contributed by atoms with E-state index in [-0.39, 0.29) is 12.0 Å². The van der Waals surface area contributed by atoms with Crippen molar-refractivity contribution < 1.29 is 14.3 Å². The average molecular weight is 332 g/mol. The number of likely N-dealkylation sites (N-methyl/N-ethyl adjacent to an activating group) is 1. The van der Waals surface area contributed by atoms with Crippen molar-refractivity contribution in [2.45, 2.75) is 25.8 Å². The third-order valence-electron chi connectivity index (χ3n) is 5.47. The molecule has 0 bridgehead atoms. The second-order valence-corrected chi connectivity index (χ2v) is 7.02. The first-order valence-corrected chi connectivity index (χ1v) is 8.76. The topological polar surface area (TPSA) is 42.0 Å². The van der Waals surface area contributed by atoms with Crippen LogP contribution in [0.25, 0.3) is 0 Å². The van der Waals surface area contributed by atoms with Crippen LogP contribution in [0.2, 0.25) is 0 Å². The standard InChI is InChI=1S/C19H28N2O3/c1-13(14-5-6-14)19(22)21-10-9-20(2)16(12-21)15-7-8-17(23-3)18(11-15)24-4/h7-8,11,13-14,16H,5-6,9-10,12H2,1-4H3. The highest BCUT2D eigenvalue weighted by atomic mass is 16.5. The summed E-state index contributed by atoms with van der Waals surface area (Å²) in [6, 6.07) is 6.23. The van der Waals surface area contributed by atoms with Crippen LogP contribution in [-0.2, 0) is 4.79 Å². The maximum Gasteiger partial charge on any atom is 0.225 e. The van der Waals surface area contributed by atoms with Gasteiger partial charge in [0.05, 0.1) is 20.3 Å². The first kappa shape index (κ1) is 17.1. The SMILES string of the molecule is COc1ccc(C2CN(C(=O)C(C)C3CC3)CCN2C)cc1OC. The largest absolute Gasteiger partial charge is 0.493 e. The van der Waals surface area contributed by atoms with Gasteiger partial charge in [-0.3, -0.25) is 9.69 Å². The molecule has 132 valence electrons. The number of benzene rings is 1. The highest BCUT2D eigenvalue weighted by Gasteiger charge is 2.37. The van der Waals surface area contributed by atoms with E-state index in [0.29, 0.717) is 11.8 Å². The minimum absolute atomic E-state index is 0.166. The number of carbonyl (C=O) groups excluding carboxylic acids is 1. The summed E-state index contributed by atoms with van der Waals surface area (Å²) in [5.74, 6) is 2.56. The molecule has 5 nitrogen and oxygen atoms in total. The van der Waals surface area contributed by atoms with Crippen molar-refractivity contribution in [2.24, 2.45) is 11.8 Å². The quantitative estimate of drug-likeness (QED) is 0.831. The number of amides is 1. The van der Waals surface area contributed by atoms with Gasteiger partial charge in [-0.2, -0.15) is 0 Å². The summed E-state index contributed by atoms with van der Waals surface area (Å²) in [7, 11) is 5.41. The smallest absolute Gasteiger partial charge is 0.225 e. The minimum Gasteiger partial charge on any atom is -0.493 e. The molecule has 1 aromatic rings. The van der Waals surface area contributed by atoms with E-state index in [9.17, 15) is 4.79 Å². The first-order valence-electron chi connectivity index (χ1n) is 8.76. The number of ether oxygens (including phenoxy) is 2. The molecule has 1 amide bonds. The second-order valence-electron chi connectivity index (χ2n) is 7.02. The van der Waals surface area contributed by atoms with Crippen LogP contribution in [0.5, 0.6) is 11.5 Å². The van der Waals surface area contributed by atoms with E-state index in [2.05, 4.69) is 24.9 Å². The fraction of sp³-hybridized carbons (Fsp3) is 0.632. The number of methoxy groups -OCH3 is 2. The Morgan fingerprint density at radius 2 is 1.88 bits per heavy atom. The van der Waals surface area contributed by atoms with Crippen LogP contribution < -0.4 is 9.47 Å². The maximum atomic E-state index is 12.7. The van der Waals surface area contributed by atoms with E-state index in [1.165, 1.54) is 12.8 Å². The van der Waals surface area contributed by atoms with Gasteiger partial charge in [0.25, 0.3) is 0 Å². The number of nitrogens with zero attached hydrogens (tertiary/aromatic N) is 2. The van der Waals surface area contributed by atoms with Crippen LogP contribution in [0.1, 0.15) is 31.4 Å². The van der Waals surface area contributed by atoms with Crippen LogP contribution in [0.4, 0.5) is 0 Å². The van der Waals surface area contributed by atoms with Crippen molar-refractivity contribution in [3.05, 3.63) is 23.8 Å². The molecule has 1 heterocycles. The van der Waals surface area contributed by atoms with Crippen LogP contribution in [0.3, 0.4) is 0 Å². The molecule has 2 aliphatic rings. The summed E-state index contributed by atoms with van der Waals surface area (Å²) in [6.07, 6.45) is 2.42. The average Bonchev–Trinajstić information content (AvgIpc) is 3.45. The molecule has 1 aromatic carbocycles. The Balaban J connectivity index is 1.77. The van der Waals surface area contributed by atoms with Gasteiger partial charge in [0, 0.05) is 25.6 Å². The van der Waals surface area contributed by atoms with Gasteiger partial charge in [-0.05, 0) is 43.5 Å². The molecule has 0 N–H and O–H groups in total. The zero-order chi connectivity index (χ0) is 17.3. The molecule has 0 aromatic heterocycles. The van der Waals surface area contributed by atoms with Crippen LogP contribution in [0, 0.1) is 11.8 Å². The fourth-order valence-corrected chi connectivity index (χ4v) is 3.58. The lowest BCUT2D eigenvalue weighted by atomic mass is 9.99. The Kier molecular flexibility index (Phi) is 4.99. The molecular formula is C19H28N2O3. The Hall–Kier alpha value is -1.75. The third kappa shape index (κ3) is 3.36. The van der Waals surface area contributed by atoms with Crippen molar-refractivity contribution in [3.63, 3.8) is 0 Å². The van der Waals surface area contributed by atoms with E-state index in [1.807, 2.05) is 17.0 Å². The summed E-state index contributed by atoms with van der Waals surface area (Å²) >= 11 is 0. The predicted octanol–water partition coefficient (Wildman–Crippen LogP) is 2.57. The van der Waals surface area contributed by atoms with Gasteiger partial charge in [-0.1, -0.05) is 13.0 Å². The van der Waals surface area contributed by atoms with Crippen molar-refractivity contribution >= 4 is 5.91 Å². The second kappa shape index (κ2) is 7.01. The minimum atomic E-state index is 0.166. The fourth-order valence-electron chi connectivity index (χ4n) is 3.58. The summed E-state index contributed by atoms with van der Waals surface area (Å²) in [5, 5.41) is 0. The lowest BCUT2D eigenvalue weighted by Crippen LogP contribution is -2.50. The van der Waals surface area contributed by atoms with E-state index < -0.39 is 0 Å². The molecule has 1 saturated heterocycles. The first-order chi connectivity index (χ1) is 11.5. The Labute approximate surface area is 144 Å². The summed E-state index contributed by atoms with van der Waals surface area (Å²) in [5.41, 5.74) is 1.16. The lowest BCUT2D eigenvalue weighted by Gasteiger charge is -2.40. The summed E-state index contributed by atoms with van der Waals surface area (Å²) in [6.45, 7) is 4.53. The van der Waals surface area contributed by atoms with Gasteiger partial charge in [0.1, 0.15) is 0 Å². The monoisotopic (exact) mass is 332 g/mol. The molecule has 3 rings (SSSR count). The number of rotatable bonds is 5. The number of hydrogen-bond acceptors (Lipinski definition) is 4. The summed E-state index contributed by atoms with van der Waals surface area (Å²) < 4.78 is 10.8. The predicted molar refractivity (Wildman–Crippen MR) is 93.4 cm³/mol. The Morgan fingerprint density at radius 1 is 1.17 bits per heavy atom. The molecule has 2 unspecified atom stereocenters. The van der Waals surface area contributed by atoms with Gasteiger partial charge < -0.3 is 14.4 Å². The molecule has 1 aliphatic carbocycles. The summed E-state index contributed by atoms with van der Waals surface area (Å²) in [4.78, 5) is 17.1. The van der Waals surface area contributed by atoms with Gasteiger partial charge in [0.15, 0.2) is 11.5 Å². The molecule has 0 radical (unpaired) electrons. The Bertz CT molecular complexity index is 600. The molecule has 0 spiro atoms. The van der Waals surface area contributed by atoms with E-state index >= 15 is 0 Å². The molecule has 5 heteroatoms. The van der Waals surface area contributed by atoms with Gasteiger partial charge in [-0.15, -0.1) is 0 Å². The highest BCUT2D eigenvalue weighted by molar-refractivity contribution is 5.79. The zero-order valence-corrected chi connectivity index (χ0v) is 15.1.